The third-order valence-electron chi connectivity index (χ3n) is 3.50. The van der Waals surface area contributed by atoms with Crippen LogP contribution in [0.5, 0.6) is 0 Å². The summed E-state index contributed by atoms with van der Waals surface area (Å²) in [5.74, 6) is -4.87. The lowest BCUT2D eigenvalue weighted by atomic mass is 10.1. The number of pyridine rings is 1. The summed E-state index contributed by atoms with van der Waals surface area (Å²) in [5.41, 5.74) is 0.132. The minimum atomic E-state index is -4.90. The number of hydrogen-bond donors (Lipinski definition) is 1. The molecule has 0 spiro atoms. The molecular formula is C17H11F5N4O3. The number of aromatic nitrogens is 3. The second-order valence-electron chi connectivity index (χ2n) is 5.81. The van der Waals surface area contributed by atoms with Gasteiger partial charge in [0, 0.05) is 23.5 Å². The third-order valence-corrected chi connectivity index (χ3v) is 3.50. The van der Waals surface area contributed by atoms with Crippen LogP contribution < -0.4 is 5.32 Å². The summed E-state index contributed by atoms with van der Waals surface area (Å²) in [5, 5.41) is 4.93. The Balaban J connectivity index is 1.72. The fourth-order valence-electron chi connectivity index (χ4n) is 2.26. The van der Waals surface area contributed by atoms with Gasteiger partial charge in [-0.3, -0.25) is 10.3 Å². The van der Waals surface area contributed by atoms with Gasteiger partial charge < -0.3 is 9.26 Å². The Bertz CT molecular complexity index is 1030. The van der Waals surface area contributed by atoms with E-state index in [4.69, 9.17) is 4.74 Å². The maximum Gasteiger partial charge on any atom is 0.471 e. The van der Waals surface area contributed by atoms with Gasteiger partial charge in [0.1, 0.15) is 12.3 Å². The molecule has 0 bridgehead atoms. The van der Waals surface area contributed by atoms with Crippen LogP contribution in [0, 0.1) is 18.6 Å². The molecule has 3 aromatic rings. The first-order chi connectivity index (χ1) is 13.6. The fraction of sp³-hybridized carbons (Fsp3) is 0.176. The predicted octanol–water partition coefficient (Wildman–Crippen LogP) is 4.49. The van der Waals surface area contributed by atoms with E-state index >= 15 is 0 Å². The van der Waals surface area contributed by atoms with Gasteiger partial charge >= 0.3 is 18.2 Å². The second kappa shape index (κ2) is 7.81. The molecule has 0 saturated heterocycles. The van der Waals surface area contributed by atoms with E-state index in [-0.39, 0.29) is 6.61 Å². The normalized spacial score (nSPS) is 11.4. The molecular weight excluding hydrogens is 403 g/mol. The number of halogens is 5. The first kappa shape index (κ1) is 20.2. The van der Waals surface area contributed by atoms with Crippen molar-refractivity contribution in [3.8, 4) is 11.4 Å². The summed E-state index contributed by atoms with van der Waals surface area (Å²) in [6, 6.07) is 3.00. The number of carbonyl (C=O) groups excluding carboxylic acids is 1. The van der Waals surface area contributed by atoms with Gasteiger partial charge in [-0.1, -0.05) is 5.16 Å². The van der Waals surface area contributed by atoms with Gasteiger partial charge in [0.2, 0.25) is 5.82 Å². The minimum Gasteiger partial charge on any atom is -0.444 e. The highest BCUT2D eigenvalue weighted by Gasteiger charge is 2.38. The van der Waals surface area contributed by atoms with E-state index < -0.39 is 46.9 Å². The first-order valence-corrected chi connectivity index (χ1v) is 7.88. The number of alkyl halides is 3. The smallest absolute Gasteiger partial charge is 0.444 e. The Morgan fingerprint density at radius 2 is 1.86 bits per heavy atom. The lowest BCUT2D eigenvalue weighted by Gasteiger charge is -2.10. The molecule has 1 N–H and O–H groups in total. The molecule has 0 atom stereocenters. The van der Waals surface area contributed by atoms with E-state index in [1.54, 1.807) is 19.2 Å². The van der Waals surface area contributed by atoms with Crippen molar-refractivity contribution in [3.63, 3.8) is 0 Å². The van der Waals surface area contributed by atoms with Gasteiger partial charge in [-0.25, -0.2) is 13.6 Å². The van der Waals surface area contributed by atoms with Crippen molar-refractivity contribution in [2.24, 2.45) is 0 Å². The molecule has 29 heavy (non-hydrogen) atoms. The molecule has 12 heteroatoms. The van der Waals surface area contributed by atoms with E-state index in [2.05, 4.69) is 19.6 Å². The van der Waals surface area contributed by atoms with Gasteiger partial charge in [0.25, 0.3) is 0 Å². The van der Waals surface area contributed by atoms with Gasteiger partial charge in [0.05, 0.1) is 0 Å². The molecule has 0 aliphatic carbocycles. The topological polar surface area (TPSA) is 90.1 Å². The largest absolute Gasteiger partial charge is 0.471 e. The number of nitrogens with zero attached hydrogens (tertiary/aromatic N) is 3. The maximum absolute atomic E-state index is 14.2. The molecule has 0 aliphatic rings. The zero-order chi connectivity index (χ0) is 21.2. The van der Waals surface area contributed by atoms with Crippen LogP contribution in [0.2, 0.25) is 0 Å². The molecule has 152 valence electrons. The monoisotopic (exact) mass is 414 g/mol. The Hall–Kier alpha value is -3.57. The zero-order valence-electron chi connectivity index (χ0n) is 14.6. The van der Waals surface area contributed by atoms with Crippen LogP contribution in [0.15, 0.2) is 35.1 Å². The first-order valence-electron chi connectivity index (χ1n) is 7.88. The fourth-order valence-corrected chi connectivity index (χ4v) is 2.26. The van der Waals surface area contributed by atoms with E-state index in [1.165, 1.54) is 6.20 Å². The van der Waals surface area contributed by atoms with E-state index in [9.17, 15) is 26.7 Å². The van der Waals surface area contributed by atoms with Crippen LogP contribution in [-0.2, 0) is 17.5 Å². The summed E-state index contributed by atoms with van der Waals surface area (Å²) in [6.45, 7) is 1.59. The van der Waals surface area contributed by atoms with Crippen LogP contribution in [-0.4, -0.2) is 21.2 Å². The molecule has 0 saturated carbocycles. The van der Waals surface area contributed by atoms with Crippen molar-refractivity contribution in [3.05, 3.63) is 59.2 Å². The average Bonchev–Trinajstić information content (AvgIpc) is 3.13. The molecule has 1 amide bonds. The molecule has 0 radical (unpaired) electrons. The summed E-state index contributed by atoms with van der Waals surface area (Å²) < 4.78 is 74.7. The number of carbonyl (C=O) groups is 1. The molecule has 3 rings (SSSR count). The van der Waals surface area contributed by atoms with Crippen molar-refractivity contribution in [2.45, 2.75) is 19.7 Å². The highest BCUT2D eigenvalue weighted by Crippen LogP contribution is 2.31. The van der Waals surface area contributed by atoms with E-state index in [1.807, 2.05) is 5.32 Å². The number of anilines is 1. The van der Waals surface area contributed by atoms with Crippen molar-refractivity contribution in [1.29, 1.82) is 0 Å². The van der Waals surface area contributed by atoms with Gasteiger partial charge in [0.15, 0.2) is 11.6 Å². The van der Waals surface area contributed by atoms with Gasteiger partial charge in [-0.2, -0.15) is 18.2 Å². The number of rotatable bonds is 4. The van der Waals surface area contributed by atoms with Crippen molar-refractivity contribution < 1.29 is 36.0 Å². The number of benzene rings is 1. The minimum absolute atomic E-state index is 0.190. The number of ether oxygens (including phenoxy) is 1. The standard InChI is InChI=1S/C17H11F5N4O3/c1-8-2-9(6-23-5-8)7-28-16(27)24-13-11(18)3-10(4-12(13)19)14-25-15(29-26-14)17(20,21)22/h2-6H,7H2,1H3,(H,24,27). The van der Waals surface area contributed by atoms with Crippen molar-refractivity contribution in [2.75, 3.05) is 5.32 Å². The number of aryl methyl sites for hydroxylation is 1. The Kier molecular flexibility index (Phi) is 5.43. The van der Waals surface area contributed by atoms with Crippen LogP contribution in [0.3, 0.4) is 0 Å². The average molecular weight is 414 g/mol. The van der Waals surface area contributed by atoms with Crippen molar-refractivity contribution in [1.82, 2.24) is 15.1 Å². The number of hydrogen-bond acceptors (Lipinski definition) is 6. The summed E-state index contributed by atoms with van der Waals surface area (Å²) in [6.07, 6.45) is -3.00. The van der Waals surface area contributed by atoms with Gasteiger partial charge in [-0.05, 0) is 30.7 Å². The summed E-state index contributed by atoms with van der Waals surface area (Å²) in [4.78, 5) is 18.7. The molecule has 2 heterocycles. The lowest BCUT2D eigenvalue weighted by Crippen LogP contribution is -2.16. The third kappa shape index (κ3) is 4.83. The molecule has 0 fully saturated rings. The van der Waals surface area contributed by atoms with E-state index in [0.29, 0.717) is 17.7 Å². The Morgan fingerprint density at radius 3 is 2.45 bits per heavy atom. The summed E-state index contributed by atoms with van der Waals surface area (Å²) >= 11 is 0. The van der Waals surface area contributed by atoms with Crippen LogP contribution in [0.25, 0.3) is 11.4 Å². The SMILES string of the molecule is Cc1cncc(COC(=O)Nc2c(F)cc(-c3noc(C(F)(F)F)n3)cc2F)c1. The Labute approximate surface area is 159 Å². The second-order valence-corrected chi connectivity index (χ2v) is 5.81. The van der Waals surface area contributed by atoms with Crippen molar-refractivity contribution >= 4 is 11.8 Å². The summed E-state index contributed by atoms with van der Waals surface area (Å²) in [7, 11) is 0. The molecule has 1 aromatic carbocycles. The van der Waals surface area contributed by atoms with Crippen LogP contribution in [0.4, 0.5) is 32.4 Å². The predicted molar refractivity (Wildman–Crippen MR) is 87.4 cm³/mol. The van der Waals surface area contributed by atoms with E-state index in [0.717, 1.165) is 5.56 Å². The molecule has 0 unspecified atom stereocenters. The quantitative estimate of drug-likeness (QED) is 0.633. The number of nitrogens with one attached hydrogen (secondary N) is 1. The zero-order valence-corrected chi connectivity index (χ0v) is 14.6. The van der Waals surface area contributed by atoms with Gasteiger partial charge in [-0.15, -0.1) is 0 Å². The lowest BCUT2D eigenvalue weighted by molar-refractivity contribution is -0.159. The van der Waals surface area contributed by atoms with Crippen LogP contribution in [0.1, 0.15) is 17.0 Å². The maximum atomic E-state index is 14.2. The highest BCUT2D eigenvalue weighted by molar-refractivity contribution is 5.85. The Morgan fingerprint density at radius 1 is 1.17 bits per heavy atom. The molecule has 0 aliphatic heterocycles. The highest BCUT2D eigenvalue weighted by atomic mass is 19.4. The number of amides is 1. The molecule has 2 aromatic heterocycles. The van der Waals surface area contributed by atoms with Crippen LogP contribution >= 0.6 is 0 Å². The molecule has 7 nitrogen and oxygen atoms in total.